The number of aryl methyl sites for hydroxylation is 1. The number of nitrogens with one attached hydrogen (secondary N) is 1. The normalized spacial score (nSPS) is 11.6. The summed E-state index contributed by atoms with van der Waals surface area (Å²) >= 11 is 0. The number of aliphatic hydroxyl groups excluding tert-OH is 1. The third-order valence-electron chi connectivity index (χ3n) is 2.49. The molecule has 0 saturated heterocycles. The predicted molar refractivity (Wildman–Crippen MR) is 65.3 cm³/mol. The van der Waals surface area contributed by atoms with E-state index in [1.807, 2.05) is 20.8 Å². The Kier molecular flexibility index (Phi) is 3.70. The molecule has 0 spiro atoms. The van der Waals surface area contributed by atoms with Gasteiger partial charge in [0.1, 0.15) is 17.5 Å². The van der Waals surface area contributed by atoms with Crippen molar-refractivity contribution in [2.45, 2.75) is 39.7 Å². The molecule has 0 aliphatic rings. The van der Waals surface area contributed by atoms with Crippen LogP contribution in [0.25, 0.3) is 0 Å². The highest BCUT2D eigenvalue weighted by atomic mass is 16.3. The molecule has 0 radical (unpaired) electrons. The topological polar surface area (TPSA) is 84.1 Å². The standard InChI is InChI=1S/C11H20N4O/c1-7-9(12)13-8(2)14-10(7)15-11(3,4)5-6-16/h16H,5-6H2,1-4H3,(H3,12,13,14,15). The summed E-state index contributed by atoms with van der Waals surface area (Å²) < 4.78 is 0. The van der Waals surface area contributed by atoms with Gasteiger partial charge in [0.2, 0.25) is 0 Å². The summed E-state index contributed by atoms with van der Waals surface area (Å²) in [5.41, 5.74) is 6.40. The van der Waals surface area contributed by atoms with Crippen LogP contribution in [0.4, 0.5) is 11.6 Å². The average molecular weight is 224 g/mol. The van der Waals surface area contributed by atoms with Crippen LogP contribution < -0.4 is 11.1 Å². The Morgan fingerprint density at radius 2 is 1.94 bits per heavy atom. The van der Waals surface area contributed by atoms with Gasteiger partial charge in [0.15, 0.2) is 0 Å². The quantitative estimate of drug-likeness (QED) is 0.716. The Labute approximate surface area is 96.1 Å². The minimum atomic E-state index is -0.216. The zero-order valence-electron chi connectivity index (χ0n) is 10.3. The molecule has 0 bridgehead atoms. The number of rotatable bonds is 4. The molecule has 0 aromatic carbocycles. The molecule has 0 amide bonds. The van der Waals surface area contributed by atoms with Crippen molar-refractivity contribution in [1.82, 2.24) is 9.97 Å². The van der Waals surface area contributed by atoms with Crippen LogP contribution in [-0.2, 0) is 0 Å². The van der Waals surface area contributed by atoms with Crippen LogP contribution in [0.5, 0.6) is 0 Å². The van der Waals surface area contributed by atoms with Crippen LogP contribution in [-0.4, -0.2) is 27.2 Å². The summed E-state index contributed by atoms with van der Waals surface area (Å²) in [5, 5.41) is 12.2. The van der Waals surface area contributed by atoms with E-state index in [2.05, 4.69) is 15.3 Å². The van der Waals surface area contributed by atoms with E-state index in [0.29, 0.717) is 18.1 Å². The molecule has 4 N–H and O–H groups in total. The third kappa shape index (κ3) is 3.06. The van der Waals surface area contributed by atoms with Crippen molar-refractivity contribution in [1.29, 1.82) is 0 Å². The lowest BCUT2D eigenvalue weighted by Gasteiger charge is -2.27. The Bertz CT molecular complexity index is 376. The number of nitrogens with zero attached hydrogens (tertiary/aromatic N) is 2. The maximum absolute atomic E-state index is 8.96. The first-order chi connectivity index (χ1) is 7.35. The van der Waals surface area contributed by atoms with Gasteiger partial charge in [-0.2, -0.15) is 0 Å². The highest BCUT2D eigenvalue weighted by Gasteiger charge is 2.19. The number of nitrogen functional groups attached to an aromatic ring is 1. The van der Waals surface area contributed by atoms with Gasteiger partial charge in [0.05, 0.1) is 0 Å². The Morgan fingerprint density at radius 1 is 1.31 bits per heavy atom. The number of nitrogens with two attached hydrogens (primary N) is 1. The van der Waals surface area contributed by atoms with Crippen molar-refractivity contribution in [3.63, 3.8) is 0 Å². The molecule has 0 saturated carbocycles. The molecular weight excluding hydrogens is 204 g/mol. The molecule has 1 aromatic rings. The van der Waals surface area contributed by atoms with Gasteiger partial charge in [0, 0.05) is 17.7 Å². The molecule has 1 aromatic heterocycles. The van der Waals surface area contributed by atoms with Crippen molar-refractivity contribution in [3.05, 3.63) is 11.4 Å². The molecule has 0 fully saturated rings. The van der Waals surface area contributed by atoms with E-state index in [-0.39, 0.29) is 12.1 Å². The monoisotopic (exact) mass is 224 g/mol. The maximum Gasteiger partial charge on any atom is 0.135 e. The van der Waals surface area contributed by atoms with Crippen molar-refractivity contribution < 1.29 is 5.11 Å². The summed E-state index contributed by atoms with van der Waals surface area (Å²) in [7, 11) is 0. The molecule has 1 heterocycles. The molecule has 1 rings (SSSR count). The fourth-order valence-electron chi connectivity index (χ4n) is 1.43. The van der Waals surface area contributed by atoms with E-state index in [0.717, 1.165) is 11.4 Å². The Balaban J connectivity index is 2.97. The van der Waals surface area contributed by atoms with Crippen molar-refractivity contribution in [2.75, 3.05) is 17.7 Å². The second kappa shape index (κ2) is 4.65. The van der Waals surface area contributed by atoms with Crippen LogP contribution in [0.15, 0.2) is 0 Å². The van der Waals surface area contributed by atoms with E-state index in [1.165, 1.54) is 0 Å². The molecule has 0 unspecified atom stereocenters. The van der Waals surface area contributed by atoms with Gasteiger partial charge < -0.3 is 16.2 Å². The van der Waals surface area contributed by atoms with Crippen LogP contribution in [0.3, 0.4) is 0 Å². The zero-order chi connectivity index (χ0) is 12.3. The minimum absolute atomic E-state index is 0.137. The summed E-state index contributed by atoms with van der Waals surface area (Å²) in [6.45, 7) is 7.84. The minimum Gasteiger partial charge on any atom is -0.396 e. The molecule has 5 nitrogen and oxygen atoms in total. The maximum atomic E-state index is 8.96. The van der Waals surface area contributed by atoms with E-state index in [1.54, 1.807) is 6.92 Å². The van der Waals surface area contributed by atoms with Crippen LogP contribution >= 0.6 is 0 Å². The molecule has 0 atom stereocenters. The van der Waals surface area contributed by atoms with Crippen molar-refractivity contribution in [2.24, 2.45) is 0 Å². The summed E-state index contributed by atoms with van der Waals surface area (Å²) in [4.78, 5) is 8.40. The third-order valence-corrected chi connectivity index (χ3v) is 2.49. The lowest BCUT2D eigenvalue weighted by Crippen LogP contribution is -2.33. The largest absolute Gasteiger partial charge is 0.396 e. The van der Waals surface area contributed by atoms with Crippen LogP contribution in [0.1, 0.15) is 31.7 Å². The smallest absolute Gasteiger partial charge is 0.135 e. The SMILES string of the molecule is Cc1nc(N)c(C)c(NC(C)(C)CCO)n1. The van der Waals surface area contributed by atoms with E-state index < -0.39 is 0 Å². The number of hydrogen-bond acceptors (Lipinski definition) is 5. The number of anilines is 2. The van der Waals surface area contributed by atoms with Gasteiger partial charge in [-0.1, -0.05) is 0 Å². The lowest BCUT2D eigenvalue weighted by atomic mass is 10.0. The highest BCUT2D eigenvalue weighted by molar-refractivity contribution is 5.55. The van der Waals surface area contributed by atoms with E-state index in [4.69, 9.17) is 10.8 Å². The second-order valence-corrected chi connectivity index (χ2v) is 4.61. The molecule has 16 heavy (non-hydrogen) atoms. The van der Waals surface area contributed by atoms with Gasteiger partial charge in [-0.15, -0.1) is 0 Å². The number of aromatic nitrogens is 2. The Hall–Kier alpha value is -1.36. The zero-order valence-corrected chi connectivity index (χ0v) is 10.3. The van der Waals surface area contributed by atoms with Crippen molar-refractivity contribution >= 4 is 11.6 Å². The van der Waals surface area contributed by atoms with E-state index >= 15 is 0 Å². The number of hydrogen-bond donors (Lipinski definition) is 3. The van der Waals surface area contributed by atoms with Gasteiger partial charge in [-0.25, -0.2) is 9.97 Å². The van der Waals surface area contributed by atoms with Gasteiger partial charge in [0.25, 0.3) is 0 Å². The summed E-state index contributed by atoms with van der Waals surface area (Å²) in [6, 6.07) is 0. The summed E-state index contributed by atoms with van der Waals surface area (Å²) in [6.07, 6.45) is 0.648. The summed E-state index contributed by atoms with van der Waals surface area (Å²) in [5.74, 6) is 1.88. The van der Waals surface area contributed by atoms with Gasteiger partial charge in [-0.3, -0.25) is 0 Å². The van der Waals surface area contributed by atoms with Gasteiger partial charge in [-0.05, 0) is 34.1 Å². The fraction of sp³-hybridized carbons (Fsp3) is 0.636. The predicted octanol–water partition coefficient (Wildman–Crippen LogP) is 1.25. The molecule has 0 aliphatic heterocycles. The first-order valence-corrected chi connectivity index (χ1v) is 5.35. The van der Waals surface area contributed by atoms with Crippen LogP contribution in [0.2, 0.25) is 0 Å². The first-order valence-electron chi connectivity index (χ1n) is 5.35. The molecular formula is C11H20N4O. The van der Waals surface area contributed by atoms with Crippen molar-refractivity contribution in [3.8, 4) is 0 Å². The van der Waals surface area contributed by atoms with Gasteiger partial charge >= 0.3 is 0 Å². The molecule has 0 aliphatic carbocycles. The fourth-order valence-corrected chi connectivity index (χ4v) is 1.43. The highest BCUT2D eigenvalue weighted by Crippen LogP contribution is 2.22. The Morgan fingerprint density at radius 3 is 2.50 bits per heavy atom. The first kappa shape index (κ1) is 12.7. The molecule has 90 valence electrons. The lowest BCUT2D eigenvalue weighted by molar-refractivity contribution is 0.260. The van der Waals surface area contributed by atoms with Crippen LogP contribution in [0, 0.1) is 13.8 Å². The average Bonchev–Trinajstić information content (AvgIpc) is 2.12. The second-order valence-electron chi connectivity index (χ2n) is 4.61. The number of aliphatic hydroxyl groups is 1. The van der Waals surface area contributed by atoms with E-state index in [9.17, 15) is 0 Å². The molecule has 5 heteroatoms.